The van der Waals surface area contributed by atoms with E-state index in [1.165, 1.54) is 33.6 Å². The van der Waals surface area contributed by atoms with Crippen molar-refractivity contribution in [2.75, 3.05) is 19.7 Å². The standard InChI is InChI=1S/C21H19N3O3S/c25-11-19-22-23-20(28-19)13-9-24(10-13)21(26)27-12-18-16-7-3-1-5-14(16)15-6-2-4-8-17(15)18/h1-8,13,18,25H,9-12H2. The molecule has 1 N–H and O–H groups in total. The van der Waals surface area contributed by atoms with Gasteiger partial charge in [0.15, 0.2) is 0 Å². The highest BCUT2D eigenvalue weighted by molar-refractivity contribution is 7.11. The molecule has 1 saturated heterocycles. The number of aromatic nitrogens is 2. The molecule has 0 unspecified atom stereocenters. The van der Waals surface area contributed by atoms with Crippen molar-refractivity contribution in [3.8, 4) is 11.1 Å². The largest absolute Gasteiger partial charge is 0.448 e. The molecule has 0 saturated carbocycles. The van der Waals surface area contributed by atoms with E-state index in [1.54, 1.807) is 4.90 Å². The Morgan fingerprint density at radius 3 is 2.32 bits per heavy atom. The third kappa shape index (κ3) is 2.87. The zero-order valence-electron chi connectivity index (χ0n) is 15.1. The van der Waals surface area contributed by atoms with Crippen LogP contribution in [0.3, 0.4) is 0 Å². The fourth-order valence-corrected chi connectivity index (χ4v) is 4.75. The maximum absolute atomic E-state index is 12.5. The summed E-state index contributed by atoms with van der Waals surface area (Å²) in [5.74, 6) is 0.252. The molecular weight excluding hydrogens is 374 g/mol. The van der Waals surface area contributed by atoms with Crippen molar-refractivity contribution in [1.82, 2.24) is 15.1 Å². The summed E-state index contributed by atoms with van der Waals surface area (Å²) in [6.07, 6.45) is -0.287. The number of hydrogen-bond acceptors (Lipinski definition) is 6. The van der Waals surface area contributed by atoms with Crippen LogP contribution in [0, 0.1) is 0 Å². The number of amides is 1. The van der Waals surface area contributed by atoms with E-state index < -0.39 is 0 Å². The van der Waals surface area contributed by atoms with E-state index in [2.05, 4.69) is 34.5 Å². The van der Waals surface area contributed by atoms with Crippen molar-refractivity contribution in [2.45, 2.75) is 18.4 Å². The fourth-order valence-electron chi connectivity index (χ4n) is 3.96. The molecule has 5 rings (SSSR count). The van der Waals surface area contributed by atoms with E-state index in [0.29, 0.717) is 24.7 Å². The lowest BCUT2D eigenvalue weighted by Crippen LogP contribution is -2.48. The van der Waals surface area contributed by atoms with Crippen LogP contribution in [0.15, 0.2) is 48.5 Å². The molecule has 1 amide bonds. The number of rotatable bonds is 4. The number of aliphatic hydroxyl groups excluding tert-OH is 1. The highest BCUT2D eigenvalue weighted by atomic mass is 32.1. The summed E-state index contributed by atoms with van der Waals surface area (Å²) in [5.41, 5.74) is 4.87. The number of nitrogens with zero attached hydrogens (tertiary/aromatic N) is 3. The molecule has 0 atom stereocenters. The van der Waals surface area contributed by atoms with E-state index in [9.17, 15) is 4.79 Å². The summed E-state index contributed by atoms with van der Waals surface area (Å²) >= 11 is 1.40. The molecule has 0 spiro atoms. The molecular formula is C21H19N3O3S. The molecule has 0 radical (unpaired) electrons. The van der Waals surface area contributed by atoms with Crippen LogP contribution in [-0.2, 0) is 11.3 Å². The summed E-state index contributed by atoms with van der Waals surface area (Å²) in [7, 11) is 0. The molecule has 3 aromatic rings. The van der Waals surface area contributed by atoms with E-state index >= 15 is 0 Å². The Hall–Kier alpha value is -2.77. The number of hydrogen-bond donors (Lipinski definition) is 1. The molecule has 1 aromatic heterocycles. The first-order valence-corrected chi connectivity index (χ1v) is 10.1. The Morgan fingerprint density at radius 2 is 1.71 bits per heavy atom. The Bertz CT molecular complexity index is 983. The number of benzene rings is 2. The maximum Gasteiger partial charge on any atom is 0.409 e. The van der Waals surface area contributed by atoms with Gasteiger partial charge in [0.1, 0.15) is 16.6 Å². The highest BCUT2D eigenvalue weighted by Gasteiger charge is 2.36. The molecule has 142 valence electrons. The minimum absolute atomic E-state index is 0.0729. The van der Waals surface area contributed by atoms with Crippen LogP contribution in [0.5, 0.6) is 0 Å². The summed E-state index contributed by atoms with van der Waals surface area (Å²) in [6, 6.07) is 16.6. The molecule has 1 fully saturated rings. The van der Waals surface area contributed by atoms with Crippen molar-refractivity contribution in [1.29, 1.82) is 0 Å². The summed E-state index contributed by atoms with van der Waals surface area (Å²) in [4.78, 5) is 14.2. The van der Waals surface area contributed by atoms with Crippen LogP contribution in [-0.4, -0.2) is 46.0 Å². The van der Waals surface area contributed by atoms with E-state index in [4.69, 9.17) is 9.84 Å². The van der Waals surface area contributed by atoms with E-state index in [0.717, 1.165) is 5.01 Å². The topological polar surface area (TPSA) is 75.5 Å². The van der Waals surface area contributed by atoms with Crippen molar-refractivity contribution in [3.63, 3.8) is 0 Å². The van der Waals surface area contributed by atoms with E-state index in [-0.39, 0.29) is 24.5 Å². The van der Waals surface area contributed by atoms with E-state index in [1.807, 2.05) is 24.3 Å². The van der Waals surface area contributed by atoms with Crippen molar-refractivity contribution >= 4 is 17.4 Å². The van der Waals surface area contributed by atoms with Crippen molar-refractivity contribution in [2.24, 2.45) is 0 Å². The second-order valence-electron chi connectivity index (χ2n) is 7.10. The van der Waals surface area contributed by atoms with Gasteiger partial charge in [-0.25, -0.2) is 4.79 Å². The molecule has 0 bridgehead atoms. The minimum atomic E-state index is -0.287. The zero-order valence-corrected chi connectivity index (χ0v) is 15.9. The predicted octanol–water partition coefficient (Wildman–Crippen LogP) is 3.38. The number of likely N-dealkylation sites (tertiary alicyclic amines) is 1. The Kier molecular flexibility index (Phi) is 4.33. The van der Waals surface area contributed by atoms with Gasteiger partial charge in [-0.05, 0) is 22.3 Å². The molecule has 7 heteroatoms. The van der Waals surface area contributed by atoms with Gasteiger partial charge in [-0.3, -0.25) is 0 Å². The second kappa shape index (κ2) is 7.00. The van der Waals surface area contributed by atoms with Gasteiger partial charge in [-0.1, -0.05) is 59.9 Å². The van der Waals surface area contributed by atoms with Gasteiger partial charge in [-0.15, -0.1) is 10.2 Å². The minimum Gasteiger partial charge on any atom is -0.448 e. The quantitative estimate of drug-likeness (QED) is 0.735. The number of fused-ring (bicyclic) bond motifs is 3. The van der Waals surface area contributed by atoms with Gasteiger partial charge in [0, 0.05) is 24.9 Å². The summed E-state index contributed by atoms with van der Waals surface area (Å²) in [5, 5.41) is 18.6. The SMILES string of the molecule is O=C(OCC1c2ccccc2-c2ccccc21)N1CC(c2nnc(CO)s2)C1. The Balaban J connectivity index is 1.23. The van der Waals surface area contributed by atoms with Crippen LogP contribution >= 0.6 is 11.3 Å². The lowest BCUT2D eigenvalue weighted by atomic mass is 9.98. The summed E-state index contributed by atoms with van der Waals surface area (Å²) in [6.45, 7) is 1.40. The zero-order chi connectivity index (χ0) is 19.1. The highest BCUT2D eigenvalue weighted by Crippen LogP contribution is 2.44. The van der Waals surface area contributed by atoms with Gasteiger partial charge in [0.2, 0.25) is 0 Å². The molecule has 2 aromatic carbocycles. The smallest absolute Gasteiger partial charge is 0.409 e. The van der Waals surface area contributed by atoms with Crippen molar-refractivity contribution < 1.29 is 14.6 Å². The van der Waals surface area contributed by atoms with Crippen LogP contribution in [0.25, 0.3) is 11.1 Å². The monoisotopic (exact) mass is 393 g/mol. The lowest BCUT2D eigenvalue weighted by Gasteiger charge is -2.37. The van der Waals surface area contributed by atoms with Crippen LogP contribution in [0.2, 0.25) is 0 Å². The van der Waals surface area contributed by atoms with Crippen molar-refractivity contribution in [3.05, 3.63) is 69.7 Å². The molecule has 6 nitrogen and oxygen atoms in total. The van der Waals surface area contributed by atoms with Gasteiger partial charge in [0.05, 0.1) is 6.61 Å². The molecule has 2 aliphatic rings. The van der Waals surface area contributed by atoms with Gasteiger partial charge in [-0.2, -0.15) is 0 Å². The average molecular weight is 393 g/mol. The predicted molar refractivity (Wildman–Crippen MR) is 105 cm³/mol. The van der Waals surface area contributed by atoms with Gasteiger partial charge >= 0.3 is 6.09 Å². The number of aliphatic hydroxyl groups is 1. The fraction of sp³-hybridized carbons (Fsp3) is 0.286. The molecule has 1 aliphatic carbocycles. The van der Waals surface area contributed by atoms with Gasteiger partial charge < -0.3 is 14.7 Å². The first kappa shape index (κ1) is 17.3. The Morgan fingerprint density at radius 1 is 1.07 bits per heavy atom. The average Bonchev–Trinajstić information content (AvgIpc) is 3.28. The lowest BCUT2D eigenvalue weighted by molar-refractivity contribution is 0.0694. The first-order chi connectivity index (χ1) is 13.7. The normalized spacial score (nSPS) is 15.8. The molecule has 28 heavy (non-hydrogen) atoms. The number of ether oxygens (including phenoxy) is 1. The second-order valence-corrected chi connectivity index (χ2v) is 8.19. The van der Waals surface area contributed by atoms with Crippen LogP contribution in [0.4, 0.5) is 4.79 Å². The number of carbonyl (C=O) groups is 1. The summed E-state index contributed by atoms with van der Waals surface area (Å²) < 4.78 is 5.67. The number of carbonyl (C=O) groups excluding carboxylic acids is 1. The Labute approximate surface area is 166 Å². The first-order valence-electron chi connectivity index (χ1n) is 9.27. The maximum atomic E-state index is 12.5. The molecule has 1 aliphatic heterocycles. The third-order valence-corrected chi connectivity index (χ3v) is 6.51. The van der Waals surface area contributed by atoms with Crippen LogP contribution < -0.4 is 0 Å². The molecule has 2 heterocycles. The van der Waals surface area contributed by atoms with Crippen LogP contribution in [0.1, 0.15) is 33.0 Å². The van der Waals surface area contributed by atoms with Gasteiger partial charge in [0.25, 0.3) is 0 Å². The third-order valence-electron chi connectivity index (χ3n) is 5.44.